The van der Waals surface area contributed by atoms with Crippen molar-refractivity contribution >= 4 is 38.5 Å². The van der Waals surface area contributed by atoms with Crippen molar-refractivity contribution in [2.24, 2.45) is 0 Å². The molecule has 0 amide bonds. The summed E-state index contributed by atoms with van der Waals surface area (Å²) in [5, 5.41) is 11.5. The maximum Gasteiger partial charge on any atom is 0.354 e. The van der Waals surface area contributed by atoms with Gasteiger partial charge in [0.15, 0.2) is 0 Å². The van der Waals surface area contributed by atoms with Gasteiger partial charge in [0.05, 0.1) is 11.5 Å². The second kappa shape index (κ2) is 4.77. The molecule has 1 heterocycles. The van der Waals surface area contributed by atoms with Crippen LogP contribution in [0.25, 0.3) is 10.9 Å². The fourth-order valence-corrected chi connectivity index (χ4v) is 2.09. The van der Waals surface area contributed by atoms with Crippen LogP contribution in [0.3, 0.4) is 0 Å². The van der Waals surface area contributed by atoms with Crippen LogP contribution in [0.15, 0.2) is 22.7 Å². The van der Waals surface area contributed by atoms with Crippen molar-refractivity contribution in [2.75, 3.05) is 6.61 Å². The molecule has 0 aliphatic rings. The fourth-order valence-electron chi connectivity index (χ4n) is 1.64. The number of esters is 1. The molecule has 18 heavy (non-hydrogen) atoms. The first-order chi connectivity index (χ1) is 8.54. The van der Waals surface area contributed by atoms with E-state index in [1.807, 2.05) is 0 Å². The van der Waals surface area contributed by atoms with Crippen molar-refractivity contribution in [3.8, 4) is 0 Å². The normalized spacial score (nSPS) is 10.6. The Bertz CT molecular complexity index is 635. The molecule has 1 aromatic heterocycles. The van der Waals surface area contributed by atoms with Crippen LogP contribution in [0.2, 0.25) is 0 Å². The standard InChI is InChI=1S/C11H9BrN2O4/c1-2-18-11(15)8-5-6-7(12)3-4-9(14(16)17)10(6)13-8/h3-5,13H,2H2,1H3. The Morgan fingerprint density at radius 2 is 2.28 bits per heavy atom. The molecular weight excluding hydrogens is 304 g/mol. The van der Waals surface area contributed by atoms with Crippen LogP contribution >= 0.6 is 15.9 Å². The molecule has 0 aliphatic heterocycles. The Hall–Kier alpha value is -1.89. The Morgan fingerprint density at radius 1 is 1.56 bits per heavy atom. The predicted molar refractivity (Wildman–Crippen MR) is 68.6 cm³/mol. The molecule has 2 aromatic rings. The number of hydrogen-bond acceptors (Lipinski definition) is 4. The van der Waals surface area contributed by atoms with E-state index in [2.05, 4.69) is 20.9 Å². The highest BCUT2D eigenvalue weighted by Crippen LogP contribution is 2.31. The first-order valence-corrected chi connectivity index (χ1v) is 5.96. The van der Waals surface area contributed by atoms with Crippen LogP contribution in [0, 0.1) is 10.1 Å². The van der Waals surface area contributed by atoms with Gasteiger partial charge in [-0.1, -0.05) is 15.9 Å². The van der Waals surface area contributed by atoms with Gasteiger partial charge in [-0.3, -0.25) is 10.1 Å². The van der Waals surface area contributed by atoms with E-state index in [-0.39, 0.29) is 18.0 Å². The van der Waals surface area contributed by atoms with Gasteiger partial charge in [-0.2, -0.15) is 0 Å². The molecule has 0 unspecified atom stereocenters. The number of nitrogens with zero attached hydrogens (tertiary/aromatic N) is 1. The number of halogens is 1. The SMILES string of the molecule is CCOC(=O)c1cc2c(Br)ccc([N+](=O)[O-])c2[nH]1. The third kappa shape index (κ3) is 2.08. The molecule has 1 N–H and O–H groups in total. The molecule has 0 spiro atoms. The van der Waals surface area contributed by atoms with Crippen molar-refractivity contribution in [3.05, 3.63) is 38.5 Å². The first-order valence-electron chi connectivity index (χ1n) is 5.17. The van der Waals surface area contributed by atoms with Gasteiger partial charge in [-0.05, 0) is 19.1 Å². The summed E-state index contributed by atoms with van der Waals surface area (Å²) in [6.07, 6.45) is 0. The molecule has 0 bridgehead atoms. The quantitative estimate of drug-likeness (QED) is 0.536. The minimum atomic E-state index is -0.533. The van der Waals surface area contributed by atoms with Crippen molar-refractivity contribution in [3.63, 3.8) is 0 Å². The minimum absolute atomic E-state index is 0.0799. The largest absolute Gasteiger partial charge is 0.461 e. The van der Waals surface area contributed by atoms with E-state index in [9.17, 15) is 14.9 Å². The number of fused-ring (bicyclic) bond motifs is 1. The number of rotatable bonds is 3. The van der Waals surface area contributed by atoms with Crippen LogP contribution in [0.5, 0.6) is 0 Å². The summed E-state index contributed by atoms with van der Waals surface area (Å²) >= 11 is 3.29. The lowest BCUT2D eigenvalue weighted by Gasteiger charge is -1.97. The molecule has 0 aliphatic carbocycles. The van der Waals surface area contributed by atoms with Gasteiger partial charge in [-0.25, -0.2) is 4.79 Å². The summed E-state index contributed by atoms with van der Waals surface area (Å²) in [4.78, 5) is 24.7. The van der Waals surface area contributed by atoms with Crippen molar-refractivity contribution in [1.82, 2.24) is 4.98 Å². The van der Waals surface area contributed by atoms with Gasteiger partial charge in [0.2, 0.25) is 0 Å². The maximum absolute atomic E-state index is 11.6. The summed E-state index contributed by atoms with van der Waals surface area (Å²) in [5.41, 5.74) is 0.419. The van der Waals surface area contributed by atoms with E-state index >= 15 is 0 Å². The number of aromatic amines is 1. The molecule has 7 heteroatoms. The average Bonchev–Trinajstić information content (AvgIpc) is 2.75. The average molecular weight is 313 g/mol. The molecule has 0 saturated heterocycles. The van der Waals surface area contributed by atoms with E-state index < -0.39 is 10.9 Å². The second-order valence-electron chi connectivity index (χ2n) is 3.52. The summed E-state index contributed by atoms with van der Waals surface area (Å²) in [7, 11) is 0. The molecule has 0 atom stereocenters. The predicted octanol–water partition coefficient (Wildman–Crippen LogP) is 3.02. The lowest BCUT2D eigenvalue weighted by molar-refractivity contribution is -0.383. The maximum atomic E-state index is 11.6. The number of nitrogens with one attached hydrogen (secondary N) is 1. The number of hydrogen-bond donors (Lipinski definition) is 1. The smallest absolute Gasteiger partial charge is 0.354 e. The highest BCUT2D eigenvalue weighted by Gasteiger charge is 2.19. The Labute approximate surface area is 110 Å². The number of nitro benzene ring substituents is 1. The highest BCUT2D eigenvalue weighted by molar-refractivity contribution is 9.10. The zero-order valence-electron chi connectivity index (χ0n) is 9.40. The molecule has 94 valence electrons. The van der Waals surface area contributed by atoms with Gasteiger partial charge >= 0.3 is 5.97 Å². The number of carbonyl (C=O) groups excluding carboxylic acids is 1. The van der Waals surface area contributed by atoms with Crippen molar-refractivity contribution < 1.29 is 14.5 Å². The summed E-state index contributed by atoms with van der Waals surface area (Å²) in [6.45, 7) is 1.94. The van der Waals surface area contributed by atoms with E-state index in [0.29, 0.717) is 15.4 Å². The number of aromatic nitrogens is 1. The van der Waals surface area contributed by atoms with Crippen molar-refractivity contribution in [2.45, 2.75) is 6.92 Å². The summed E-state index contributed by atoms with van der Waals surface area (Å²) in [5.74, 6) is -0.533. The van der Waals surface area contributed by atoms with Gasteiger partial charge in [-0.15, -0.1) is 0 Å². The van der Waals surface area contributed by atoms with Crippen molar-refractivity contribution in [1.29, 1.82) is 0 Å². The lowest BCUT2D eigenvalue weighted by Crippen LogP contribution is -2.04. The number of benzene rings is 1. The summed E-state index contributed by atoms with van der Waals surface area (Å²) in [6, 6.07) is 4.48. The molecule has 2 rings (SSSR count). The van der Waals surface area contributed by atoms with E-state index in [1.54, 1.807) is 13.0 Å². The molecule has 6 nitrogen and oxygen atoms in total. The topological polar surface area (TPSA) is 85.2 Å². The van der Waals surface area contributed by atoms with Gasteiger partial charge in [0, 0.05) is 15.9 Å². The Balaban J connectivity index is 2.62. The number of nitro groups is 1. The first kappa shape index (κ1) is 12.6. The molecule has 0 fully saturated rings. The van der Waals surface area contributed by atoms with Crippen LogP contribution in [0.4, 0.5) is 5.69 Å². The third-order valence-corrected chi connectivity index (χ3v) is 3.10. The molecular formula is C11H9BrN2O4. The number of ether oxygens (including phenoxy) is 1. The number of H-pyrrole nitrogens is 1. The Kier molecular flexibility index (Phi) is 3.33. The Morgan fingerprint density at radius 3 is 2.89 bits per heavy atom. The second-order valence-corrected chi connectivity index (χ2v) is 4.37. The van der Waals surface area contributed by atoms with Gasteiger partial charge in [0.1, 0.15) is 11.2 Å². The molecule has 0 radical (unpaired) electrons. The van der Waals surface area contributed by atoms with Crippen LogP contribution in [0.1, 0.15) is 17.4 Å². The zero-order chi connectivity index (χ0) is 13.3. The molecule has 1 aromatic carbocycles. The molecule has 0 saturated carbocycles. The van der Waals surface area contributed by atoms with Crippen LogP contribution < -0.4 is 0 Å². The lowest BCUT2D eigenvalue weighted by atomic mass is 10.2. The van der Waals surface area contributed by atoms with E-state index in [4.69, 9.17) is 4.74 Å². The van der Waals surface area contributed by atoms with Crippen LogP contribution in [-0.2, 0) is 4.74 Å². The fraction of sp³-hybridized carbons (Fsp3) is 0.182. The number of carbonyl (C=O) groups is 1. The van der Waals surface area contributed by atoms with E-state index in [0.717, 1.165) is 0 Å². The van der Waals surface area contributed by atoms with E-state index in [1.165, 1.54) is 12.1 Å². The summed E-state index contributed by atoms with van der Waals surface area (Å²) < 4.78 is 5.52. The minimum Gasteiger partial charge on any atom is -0.461 e. The van der Waals surface area contributed by atoms with Gasteiger partial charge < -0.3 is 9.72 Å². The number of non-ortho nitro benzene ring substituents is 1. The third-order valence-electron chi connectivity index (χ3n) is 2.41. The van der Waals surface area contributed by atoms with Crippen LogP contribution in [-0.4, -0.2) is 22.5 Å². The zero-order valence-corrected chi connectivity index (χ0v) is 11.0. The highest BCUT2D eigenvalue weighted by atomic mass is 79.9. The van der Waals surface area contributed by atoms with Gasteiger partial charge in [0.25, 0.3) is 5.69 Å². The monoisotopic (exact) mass is 312 g/mol.